The maximum absolute atomic E-state index is 12.0. The van der Waals surface area contributed by atoms with Crippen LogP contribution in [0.5, 0.6) is 0 Å². The van der Waals surface area contributed by atoms with E-state index >= 15 is 0 Å². The Kier molecular flexibility index (Phi) is 6.47. The molecule has 0 fully saturated rings. The molecule has 1 aromatic carbocycles. The second kappa shape index (κ2) is 7.62. The third-order valence-corrected chi connectivity index (χ3v) is 3.54. The number of carbonyl (C=O) groups excluding carboxylic acids is 1. The zero-order valence-corrected chi connectivity index (χ0v) is 13.3. The van der Waals surface area contributed by atoms with Crippen molar-refractivity contribution >= 4 is 43.7 Å². The summed E-state index contributed by atoms with van der Waals surface area (Å²) in [7, 11) is 1.48. The van der Waals surface area contributed by atoms with E-state index in [2.05, 4.69) is 37.2 Å². The molecule has 1 aromatic rings. The molecule has 0 spiro atoms. The lowest BCUT2D eigenvalue weighted by atomic mass is 10.1. The smallest absolute Gasteiger partial charge is 0.326 e. The third kappa shape index (κ3) is 4.93. The van der Waals surface area contributed by atoms with E-state index in [1.54, 1.807) is 18.2 Å². The van der Waals surface area contributed by atoms with Crippen molar-refractivity contribution in [3.8, 4) is 0 Å². The fourth-order valence-electron chi connectivity index (χ4n) is 1.40. The van der Waals surface area contributed by atoms with Gasteiger partial charge < -0.3 is 15.2 Å². The molecule has 0 radical (unpaired) electrons. The molecule has 5 nitrogen and oxygen atoms in total. The number of aliphatic carboxylic acids is 1. The van der Waals surface area contributed by atoms with Gasteiger partial charge in [0.25, 0.3) is 5.91 Å². The number of carboxylic acid groups (broad SMARTS) is 1. The van der Waals surface area contributed by atoms with Gasteiger partial charge in [0.05, 0.1) is 5.56 Å². The summed E-state index contributed by atoms with van der Waals surface area (Å²) >= 11 is 6.55. The standard InChI is InChI=1S/C12H13Br2NO4/c1-19-5-4-10(12(17)18)15-11(16)8-3-2-7(13)6-9(8)14/h2-3,6,10H,4-5H2,1H3,(H,15,16)(H,17,18). The Balaban J connectivity index is 2.78. The Morgan fingerprint density at radius 2 is 2.11 bits per heavy atom. The Morgan fingerprint density at radius 1 is 1.42 bits per heavy atom. The minimum Gasteiger partial charge on any atom is -0.480 e. The number of rotatable bonds is 6. The lowest BCUT2D eigenvalue weighted by Gasteiger charge is -2.14. The van der Waals surface area contributed by atoms with Crippen LogP contribution in [0, 0.1) is 0 Å². The average Bonchev–Trinajstić information content (AvgIpc) is 2.33. The summed E-state index contributed by atoms with van der Waals surface area (Å²) in [5.41, 5.74) is 0.381. The van der Waals surface area contributed by atoms with Gasteiger partial charge in [0.1, 0.15) is 6.04 Å². The molecule has 2 N–H and O–H groups in total. The van der Waals surface area contributed by atoms with Crippen LogP contribution in [0.25, 0.3) is 0 Å². The summed E-state index contributed by atoms with van der Waals surface area (Å²) in [6.45, 7) is 0.263. The van der Waals surface area contributed by atoms with Crippen LogP contribution >= 0.6 is 31.9 Å². The highest BCUT2D eigenvalue weighted by atomic mass is 79.9. The van der Waals surface area contributed by atoms with E-state index in [9.17, 15) is 9.59 Å². The van der Waals surface area contributed by atoms with E-state index in [1.807, 2.05) is 0 Å². The monoisotopic (exact) mass is 393 g/mol. The van der Waals surface area contributed by atoms with Crippen LogP contribution in [0.3, 0.4) is 0 Å². The lowest BCUT2D eigenvalue weighted by Crippen LogP contribution is -2.41. The van der Waals surface area contributed by atoms with Crippen molar-refractivity contribution in [3.63, 3.8) is 0 Å². The number of hydrogen-bond donors (Lipinski definition) is 2. The van der Waals surface area contributed by atoms with Crippen molar-refractivity contribution in [2.75, 3.05) is 13.7 Å². The van der Waals surface area contributed by atoms with Gasteiger partial charge in [0, 0.05) is 29.1 Å². The Hall–Kier alpha value is -0.920. The zero-order chi connectivity index (χ0) is 14.4. The van der Waals surface area contributed by atoms with E-state index in [4.69, 9.17) is 9.84 Å². The molecule has 104 valence electrons. The fraction of sp³-hybridized carbons (Fsp3) is 0.333. The lowest BCUT2D eigenvalue weighted by molar-refractivity contribution is -0.139. The largest absolute Gasteiger partial charge is 0.480 e. The number of benzene rings is 1. The first kappa shape index (κ1) is 16.1. The van der Waals surface area contributed by atoms with Gasteiger partial charge >= 0.3 is 5.97 Å². The summed E-state index contributed by atoms with van der Waals surface area (Å²) in [6.07, 6.45) is 0.214. The summed E-state index contributed by atoms with van der Waals surface area (Å²) in [5.74, 6) is -1.53. The molecular formula is C12H13Br2NO4. The number of carboxylic acids is 1. The molecule has 1 unspecified atom stereocenters. The van der Waals surface area contributed by atoms with Gasteiger partial charge in [-0.2, -0.15) is 0 Å². The van der Waals surface area contributed by atoms with E-state index in [1.165, 1.54) is 7.11 Å². The van der Waals surface area contributed by atoms with Crippen molar-refractivity contribution in [1.29, 1.82) is 0 Å². The van der Waals surface area contributed by atoms with Gasteiger partial charge in [0.2, 0.25) is 0 Å². The quantitative estimate of drug-likeness (QED) is 0.776. The highest BCUT2D eigenvalue weighted by molar-refractivity contribution is 9.11. The summed E-state index contributed by atoms with van der Waals surface area (Å²) in [6, 6.07) is 4.08. The van der Waals surface area contributed by atoms with Gasteiger partial charge in [-0.3, -0.25) is 4.79 Å². The van der Waals surface area contributed by atoms with Crippen LogP contribution in [0.1, 0.15) is 16.8 Å². The van der Waals surface area contributed by atoms with Crippen molar-refractivity contribution in [2.45, 2.75) is 12.5 Å². The normalized spacial score (nSPS) is 11.9. The van der Waals surface area contributed by atoms with Crippen LogP contribution < -0.4 is 5.32 Å². The number of hydrogen-bond acceptors (Lipinski definition) is 3. The highest BCUT2D eigenvalue weighted by Crippen LogP contribution is 2.22. The average molecular weight is 395 g/mol. The number of halogens is 2. The molecule has 0 aromatic heterocycles. The molecule has 1 amide bonds. The predicted molar refractivity (Wildman–Crippen MR) is 77.2 cm³/mol. The highest BCUT2D eigenvalue weighted by Gasteiger charge is 2.21. The van der Waals surface area contributed by atoms with Crippen LogP contribution in [-0.4, -0.2) is 36.7 Å². The predicted octanol–water partition coefficient (Wildman–Crippen LogP) is 2.43. The van der Waals surface area contributed by atoms with E-state index in [0.717, 1.165) is 4.47 Å². The van der Waals surface area contributed by atoms with Crippen LogP contribution in [0.2, 0.25) is 0 Å². The Labute approximate surface area is 127 Å². The van der Waals surface area contributed by atoms with Crippen LogP contribution in [-0.2, 0) is 9.53 Å². The van der Waals surface area contributed by atoms with Gasteiger partial charge in [-0.15, -0.1) is 0 Å². The molecule has 0 saturated heterocycles. The topological polar surface area (TPSA) is 75.6 Å². The molecular weight excluding hydrogens is 382 g/mol. The summed E-state index contributed by atoms with van der Waals surface area (Å²) < 4.78 is 6.24. The maximum Gasteiger partial charge on any atom is 0.326 e. The second-order valence-electron chi connectivity index (χ2n) is 3.77. The van der Waals surface area contributed by atoms with Crippen molar-refractivity contribution in [1.82, 2.24) is 5.32 Å². The SMILES string of the molecule is COCCC(NC(=O)c1ccc(Br)cc1Br)C(=O)O. The first-order valence-electron chi connectivity index (χ1n) is 5.43. The molecule has 1 rings (SSSR count). The van der Waals surface area contributed by atoms with Crippen LogP contribution in [0.4, 0.5) is 0 Å². The summed E-state index contributed by atoms with van der Waals surface area (Å²) in [4.78, 5) is 23.0. The molecule has 0 aliphatic carbocycles. The zero-order valence-electron chi connectivity index (χ0n) is 10.2. The Morgan fingerprint density at radius 3 is 2.63 bits per heavy atom. The minimum absolute atomic E-state index is 0.214. The number of nitrogens with one attached hydrogen (secondary N) is 1. The Bertz CT molecular complexity index is 479. The molecule has 0 heterocycles. The van der Waals surface area contributed by atoms with E-state index in [-0.39, 0.29) is 13.0 Å². The molecule has 0 bridgehead atoms. The maximum atomic E-state index is 12.0. The van der Waals surface area contributed by atoms with Gasteiger partial charge in [0.15, 0.2) is 0 Å². The van der Waals surface area contributed by atoms with E-state index < -0.39 is 17.9 Å². The molecule has 7 heteroatoms. The molecule has 0 saturated carbocycles. The number of methoxy groups -OCH3 is 1. The van der Waals surface area contributed by atoms with Gasteiger partial charge in [-0.25, -0.2) is 4.79 Å². The second-order valence-corrected chi connectivity index (χ2v) is 5.54. The molecule has 0 aliphatic heterocycles. The number of amides is 1. The molecule has 19 heavy (non-hydrogen) atoms. The van der Waals surface area contributed by atoms with Crippen LogP contribution in [0.15, 0.2) is 27.1 Å². The van der Waals surface area contributed by atoms with Crippen molar-refractivity contribution < 1.29 is 19.4 Å². The van der Waals surface area contributed by atoms with Gasteiger partial charge in [-0.05, 0) is 34.1 Å². The van der Waals surface area contributed by atoms with Crippen molar-refractivity contribution in [3.05, 3.63) is 32.7 Å². The molecule has 1 atom stereocenters. The number of ether oxygens (including phenoxy) is 1. The van der Waals surface area contributed by atoms with Gasteiger partial charge in [-0.1, -0.05) is 15.9 Å². The first-order valence-corrected chi connectivity index (χ1v) is 7.02. The first-order chi connectivity index (χ1) is 8.95. The van der Waals surface area contributed by atoms with E-state index in [0.29, 0.717) is 10.0 Å². The summed E-state index contributed by atoms with van der Waals surface area (Å²) in [5, 5.41) is 11.5. The number of carbonyl (C=O) groups is 2. The third-order valence-electron chi connectivity index (χ3n) is 2.39. The minimum atomic E-state index is -1.08. The fourth-order valence-corrected chi connectivity index (χ4v) is 2.63. The van der Waals surface area contributed by atoms with Crippen molar-refractivity contribution in [2.24, 2.45) is 0 Å². The molecule has 0 aliphatic rings.